The van der Waals surface area contributed by atoms with Crippen molar-refractivity contribution < 1.29 is 0 Å². The molecule has 4 atom stereocenters. The predicted octanol–water partition coefficient (Wildman–Crippen LogP) is 5.18. The van der Waals surface area contributed by atoms with Gasteiger partial charge in [-0.2, -0.15) is 0 Å². The van der Waals surface area contributed by atoms with E-state index < -0.39 is 0 Å². The van der Waals surface area contributed by atoms with Gasteiger partial charge >= 0.3 is 0 Å². The standard InChI is InChI=1S/C26H47N5/c1-7-21(5)10-9-14-29(6)15-13-22(8-2)23-16-27-26(28-17-23)31-24-11-12-25(31)19-30(18-24)20(3)4/h16-17,20-22,24-25H,7-15,18-19H2,1-6H3. The van der Waals surface area contributed by atoms with Gasteiger partial charge in [0.05, 0.1) is 0 Å². The fourth-order valence-corrected chi connectivity index (χ4v) is 5.37. The smallest absolute Gasteiger partial charge is 0.225 e. The molecule has 31 heavy (non-hydrogen) atoms. The number of anilines is 1. The second kappa shape index (κ2) is 11.6. The van der Waals surface area contributed by atoms with Crippen molar-refractivity contribution in [3.63, 3.8) is 0 Å². The van der Waals surface area contributed by atoms with Crippen LogP contribution in [0.3, 0.4) is 0 Å². The van der Waals surface area contributed by atoms with Crippen LogP contribution in [0.4, 0.5) is 5.95 Å². The lowest BCUT2D eigenvalue weighted by molar-refractivity contribution is 0.176. The molecule has 0 aliphatic carbocycles. The van der Waals surface area contributed by atoms with Gasteiger partial charge in [0.25, 0.3) is 0 Å². The zero-order chi connectivity index (χ0) is 22.4. The van der Waals surface area contributed by atoms with Gasteiger partial charge in [0.15, 0.2) is 0 Å². The molecule has 2 aliphatic rings. The van der Waals surface area contributed by atoms with E-state index in [0.29, 0.717) is 24.0 Å². The Labute approximate surface area is 191 Å². The summed E-state index contributed by atoms with van der Waals surface area (Å²) in [6.07, 6.45) is 13.1. The highest BCUT2D eigenvalue weighted by atomic mass is 15.4. The largest absolute Gasteiger partial charge is 0.332 e. The molecule has 0 aromatic carbocycles. The summed E-state index contributed by atoms with van der Waals surface area (Å²) in [5.74, 6) is 2.37. The highest BCUT2D eigenvalue weighted by Crippen LogP contribution is 2.34. The minimum Gasteiger partial charge on any atom is -0.332 e. The molecule has 0 saturated carbocycles. The highest BCUT2D eigenvalue weighted by molar-refractivity contribution is 5.38. The maximum atomic E-state index is 4.87. The van der Waals surface area contributed by atoms with E-state index >= 15 is 0 Å². The van der Waals surface area contributed by atoms with Crippen LogP contribution >= 0.6 is 0 Å². The zero-order valence-corrected chi connectivity index (χ0v) is 21.1. The molecule has 2 saturated heterocycles. The summed E-state index contributed by atoms with van der Waals surface area (Å²) in [6.45, 7) is 16.3. The van der Waals surface area contributed by atoms with Crippen molar-refractivity contribution >= 4 is 5.95 Å². The summed E-state index contributed by atoms with van der Waals surface area (Å²) in [7, 11) is 2.27. The number of nitrogens with zero attached hydrogens (tertiary/aromatic N) is 5. The minimum atomic E-state index is 0.556. The van der Waals surface area contributed by atoms with Crippen molar-refractivity contribution in [2.24, 2.45) is 5.92 Å². The molecule has 2 bridgehead atoms. The van der Waals surface area contributed by atoms with Crippen LogP contribution in [0.25, 0.3) is 0 Å². The van der Waals surface area contributed by atoms with Gasteiger partial charge in [0, 0.05) is 43.6 Å². The number of aromatic nitrogens is 2. The Morgan fingerprint density at radius 2 is 1.61 bits per heavy atom. The van der Waals surface area contributed by atoms with Crippen LogP contribution < -0.4 is 4.90 Å². The summed E-state index contributed by atoms with van der Waals surface area (Å²) >= 11 is 0. The average Bonchev–Trinajstić information content (AvgIpc) is 3.03. The molecule has 2 fully saturated rings. The number of piperazine rings is 1. The summed E-state index contributed by atoms with van der Waals surface area (Å²) in [4.78, 5) is 17.4. The molecule has 1 aromatic heterocycles. The third kappa shape index (κ3) is 6.41. The van der Waals surface area contributed by atoms with Crippen molar-refractivity contribution in [3.05, 3.63) is 18.0 Å². The van der Waals surface area contributed by atoms with Crippen molar-refractivity contribution in [1.82, 2.24) is 19.8 Å². The molecule has 3 heterocycles. The van der Waals surface area contributed by atoms with Gasteiger partial charge in [0.1, 0.15) is 0 Å². The molecule has 0 N–H and O–H groups in total. The Morgan fingerprint density at radius 3 is 2.16 bits per heavy atom. The van der Waals surface area contributed by atoms with Gasteiger partial charge in [-0.25, -0.2) is 9.97 Å². The minimum absolute atomic E-state index is 0.556. The van der Waals surface area contributed by atoms with E-state index in [1.165, 1.54) is 50.6 Å². The Morgan fingerprint density at radius 1 is 0.968 bits per heavy atom. The quantitative estimate of drug-likeness (QED) is 0.457. The van der Waals surface area contributed by atoms with Crippen LogP contribution in [-0.2, 0) is 0 Å². The van der Waals surface area contributed by atoms with Gasteiger partial charge in [-0.05, 0) is 89.9 Å². The fourth-order valence-electron chi connectivity index (χ4n) is 5.37. The molecule has 5 heteroatoms. The van der Waals surface area contributed by atoms with E-state index in [4.69, 9.17) is 9.97 Å². The molecule has 176 valence electrons. The molecular formula is C26H47N5. The Balaban J connectivity index is 1.52. The molecule has 5 nitrogen and oxygen atoms in total. The Hall–Kier alpha value is -1.20. The molecule has 3 rings (SSSR count). The van der Waals surface area contributed by atoms with Gasteiger partial charge < -0.3 is 9.80 Å². The summed E-state index contributed by atoms with van der Waals surface area (Å²) in [5, 5.41) is 0. The molecule has 1 aromatic rings. The van der Waals surface area contributed by atoms with E-state index in [1.54, 1.807) is 0 Å². The van der Waals surface area contributed by atoms with Gasteiger partial charge in [0.2, 0.25) is 5.95 Å². The highest BCUT2D eigenvalue weighted by Gasteiger charge is 2.41. The summed E-state index contributed by atoms with van der Waals surface area (Å²) in [5.41, 5.74) is 1.31. The van der Waals surface area contributed by atoms with Crippen LogP contribution in [-0.4, -0.2) is 71.1 Å². The van der Waals surface area contributed by atoms with Gasteiger partial charge in [-0.1, -0.05) is 27.2 Å². The van der Waals surface area contributed by atoms with Crippen LogP contribution in [0.5, 0.6) is 0 Å². The van der Waals surface area contributed by atoms with Crippen LogP contribution in [0, 0.1) is 5.92 Å². The lowest BCUT2D eigenvalue weighted by Gasteiger charge is -2.42. The maximum Gasteiger partial charge on any atom is 0.225 e. The zero-order valence-electron chi connectivity index (χ0n) is 21.1. The monoisotopic (exact) mass is 429 g/mol. The lowest BCUT2D eigenvalue weighted by Crippen LogP contribution is -2.56. The first-order valence-electron chi connectivity index (χ1n) is 13.0. The number of hydrogen-bond acceptors (Lipinski definition) is 5. The molecular weight excluding hydrogens is 382 g/mol. The van der Waals surface area contributed by atoms with E-state index in [-0.39, 0.29) is 0 Å². The van der Waals surface area contributed by atoms with E-state index in [1.807, 2.05) is 0 Å². The van der Waals surface area contributed by atoms with Crippen molar-refractivity contribution in [2.45, 2.75) is 104 Å². The second-order valence-corrected chi connectivity index (χ2v) is 10.5. The van der Waals surface area contributed by atoms with Crippen molar-refractivity contribution in [1.29, 1.82) is 0 Å². The van der Waals surface area contributed by atoms with E-state index in [2.05, 4.69) is 68.8 Å². The molecule has 0 amide bonds. The molecule has 2 aliphatic heterocycles. The average molecular weight is 430 g/mol. The summed E-state index contributed by atoms with van der Waals surface area (Å²) in [6, 6.07) is 1.79. The number of hydrogen-bond donors (Lipinski definition) is 0. The first-order valence-corrected chi connectivity index (χ1v) is 13.0. The van der Waals surface area contributed by atoms with E-state index in [0.717, 1.165) is 37.9 Å². The van der Waals surface area contributed by atoms with Gasteiger partial charge in [-0.15, -0.1) is 0 Å². The maximum absolute atomic E-state index is 4.87. The first kappa shape index (κ1) is 24.4. The molecule has 0 radical (unpaired) electrons. The van der Waals surface area contributed by atoms with Crippen molar-refractivity contribution in [2.75, 3.05) is 38.1 Å². The second-order valence-electron chi connectivity index (χ2n) is 10.5. The molecule has 0 spiro atoms. The SMILES string of the molecule is CCC(C)CCCN(C)CCC(CC)c1cnc(N2C3CCC2CN(C(C)C)C3)nc1. The summed E-state index contributed by atoms with van der Waals surface area (Å²) < 4.78 is 0. The molecule has 4 unspecified atom stereocenters. The predicted molar refractivity (Wildman–Crippen MR) is 132 cm³/mol. The van der Waals surface area contributed by atoms with Crippen LogP contribution in [0.2, 0.25) is 0 Å². The van der Waals surface area contributed by atoms with Crippen LogP contribution in [0.1, 0.15) is 91.0 Å². The third-order valence-electron chi connectivity index (χ3n) is 7.89. The normalized spacial score (nSPS) is 23.7. The van der Waals surface area contributed by atoms with Crippen molar-refractivity contribution in [3.8, 4) is 0 Å². The van der Waals surface area contributed by atoms with Crippen LogP contribution in [0.15, 0.2) is 12.4 Å². The number of fused-ring (bicyclic) bond motifs is 2. The first-order chi connectivity index (χ1) is 14.9. The number of rotatable bonds is 12. The fraction of sp³-hybridized carbons (Fsp3) is 0.846. The third-order valence-corrected chi connectivity index (χ3v) is 7.89. The lowest BCUT2D eigenvalue weighted by atomic mass is 9.95. The topological polar surface area (TPSA) is 35.5 Å². The Bertz CT molecular complexity index is 632. The Kier molecular flexibility index (Phi) is 9.15. The van der Waals surface area contributed by atoms with Gasteiger partial charge in [-0.3, -0.25) is 4.90 Å². The van der Waals surface area contributed by atoms with E-state index in [9.17, 15) is 0 Å². The number of likely N-dealkylation sites (tertiary alicyclic amines) is 1.